The van der Waals surface area contributed by atoms with Crippen LogP contribution in [0.4, 0.5) is 13.2 Å². The molecule has 1 atom stereocenters. The van der Waals surface area contributed by atoms with Gasteiger partial charge in [-0.15, -0.1) is 0 Å². The van der Waals surface area contributed by atoms with E-state index in [1.165, 1.54) is 25.3 Å². The Labute approximate surface area is 110 Å². The van der Waals surface area contributed by atoms with Crippen LogP contribution >= 0.6 is 15.9 Å². The fraction of sp³-hybridized carbons (Fsp3) is 0.364. The molecule has 0 aliphatic rings. The summed E-state index contributed by atoms with van der Waals surface area (Å²) in [7, 11) is 1.21. The van der Waals surface area contributed by atoms with E-state index in [4.69, 9.17) is 4.74 Å². The SMILES string of the molecule is COC(=O)c1ccc(O[C@@H](C)C(F)(F)F)c(Br)c1. The van der Waals surface area contributed by atoms with Crippen molar-refractivity contribution in [3.05, 3.63) is 28.2 Å². The van der Waals surface area contributed by atoms with Crippen molar-refractivity contribution >= 4 is 21.9 Å². The van der Waals surface area contributed by atoms with Gasteiger partial charge in [0.2, 0.25) is 0 Å². The van der Waals surface area contributed by atoms with Gasteiger partial charge in [-0.25, -0.2) is 4.79 Å². The number of carbonyl (C=O) groups is 1. The van der Waals surface area contributed by atoms with Crippen molar-refractivity contribution in [3.8, 4) is 5.75 Å². The Morgan fingerprint density at radius 2 is 2.00 bits per heavy atom. The highest BCUT2D eigenvalue weighted by Gasteiger charge is 2.38. The van der Waals surface area contributed by atoms with Crippen LogP contribution in [0.15, 0.2) is 22.7 Å². The lowest BCUT2D eigenvalue weighted by molar-refractivity contribution is -0.189. The summed E-state index contributed by atoms with van der Waals surface area (Å²) < 4.78 is 46.4. The molecule has 0 aliphatic carbocycles. The number of esters is 1. The predicted octanol–water partition coefficient (Wildman–Crippen LogP) is 3.57. The van der Waals surface area contributed by atoms with E-state index in [0.29, 0.717) is 0 Å². The van der Waals surface area contributed by atoms with Crippen molar-refractivity contribution in [3.63, 3.8) is 0 Å². The Bertz CT molecular complexity index is 446. The zero-order valence-corrected chi connectivity index (χ0v) is 11.1. The third-order valence-corrected chi connectivity index (χ3v) is 2.74. The van der Waals surface area contributed by atoms with E-state index in [1.807, 2.05) is 0 Å². The van der Waals surface area contributed by atoms with Gasteiger partial charge in [-0.2, -0.15) is 13.2 Å². The fourth-order valence-electron chi connectivity index (χ4n) is 1.10. The maximum Gasteiger partial charge on any atom is 0.425 e. The van der Waals surface area contributed by atoms with Crippen molar-refractivity contribution in [1.82, 2.24) is 0 Å². The molecule has 0 unspecified atom stereocenters. The van der Waals surface area contributed by atoms with Crippen molar-refractivity contribution < 1.29 is 27.4 Å². The first-order chi connectivity index (χ1) is 8.25. The molecule has 0 aromatic heterocycles. The lowest BCUT2D eigenvalue weighted by atomic mass is 10.2. The molecule has 1 rings (SSSR count). The quantitative estimate of drug-likeness (QED) is 0.797. The van der Waals surface area contributed by atoms with Crippen LogP contribution in [0.3, 0.4) is 0 Å². The highest BCUT2D eigenvalue weighted by molar-refractivity contribution is 9.10. The predicted molar refractivity (Wildman–Crippen MR) is 61.6 cm³/mol. The highest BCUT2D eigenvalue weighted by atomic mass is 79.9. The van der Waals surface area contributed by atoms with Crippen molar-refractivity contribution in [2.75, 3.05) is 7.11 Å². The molecule has 100 valence electrons. The molecule has 0 aliphatic heterocycles. The van der Waals surface area contributed by atoms with Crippen LogP contribution in [0.1, 0.15) is 17.3 Å². The number of hydrogen-bond acceptors (Lipinski definition) is 3. The number of rotatable bonds is 3. The second-order valence-electron chi connectivity index (χ2n) is 3.44. The van der Waals surface area contributed by atoms with Gasteiger partial charge in [0.25, 0.3) is 0 Å². The molecule has 0 bridgehead atoms. The van der Waals surface area contributed by atoms with Gasteiger partial charge in [0.15, 0.2) is 6.10 Å². The van der Waals surface area contributed by atoms with E-state index < -0.39 is 18.2 Å². The van der Waals surface area contributed by atoms with E-state index in [2.05, 4.69) is 20.7 Å². The number of ether oxygens (including phenoxy) is 2. The minimum atomic E-state index is -4.44. The maximum absolute atomic E-state index is 12.3. The molecule has 3 nitrogen and oxygen atoms in total. The molecular weight excluding hydrogens is 317 g/mol. The number of carbonyl (C=O) groups excluding carboxylic acids is 1. The summed E-state index contributed by atoms with van der Waals surface area (Å²) in [4.78, 5) is 11.2. The third-order valence-electron chi connectivity index (χ3n) is 2.12. The van der Waals surface area contributed by atoms with Crippen LogP contribution in [0, 0.1) is 0 Å². The Hall–Kier alpha value is -1.24. The molecule has 0 radical (unpaired) electrons. The minimum absolute atomic E-state index is 0.00692. The third kappa shape index (κ3) is 3.63. The summed E-state index contributed by atoms with van der Waals surface area (Å²) in [5, 5.41) is 0. The molecule has 0 N–H and O–H groups in total. The number of methoxy groups -OCH3 is 1. The average molecular weight is 327 g/mol. The first-order valence-electron chi connectivity index (χ1n) is 4.87. The van der Waals surface area contributed by atoms with Crippen molar-refractivity contribution in [1.29, 1.82) is 0 Å². The Morgan fingerprint density at radius 1 is 1.39 bits per heavy atom. The number of hydrogen-bond donors (Lipinski definition) is 0. The lowest BCUT2D eigenvalue weighted by Gasteiger charge is -2.18. The summed E-state index contributed by atoms with van der Waals surface area (Å²) in [6.45, 7) is 0.903. The standard InChI is InChI=1S/C11H10BrF3O3/c1-6(11(13,14)15)18-9-4-3-7(5-8(9)12)10(16)17-2/h3-6H,1-2H3/t6-/m0/s1. The smallest absolute Gasteiger partial charge is 0.425 e. The van der Waals surface area contributed by atoms with E-state index in [0.717, 1.165) is 6.92 Å². The first-order valence-corrected chi connectivity index (χ1v) is 5.66. The van der Waals surface area contributed by atoms with Gasteiger partial charge in [-0.1, -0.05) is 0 Å². The van der Waals surface area contributed by atoms with E-state index in [1.54, 1.807) is 0 Å². The van der Waals surface area contributed by atoms with Crippen LogP contribution in [-0.4, -0.2) is 25.4 Å². The number of alkyl halides is 3. The molecular formula is C11H10BrF3O3. The van der Waals surface area contributed by atoms with Crippen molar-refractivity contribution in [2.24, 2.45) is 0 Å². The van der Waals surface area contributed by atoms with Crippen LogP contribution in [0.2, 0.25) is 0 Å². The molecule has 0 fully saturated rings. The van der Waals surface area contributed by atoms with Gasteiger partial charge in [0, 0.05) is 0 Å². The normalized spacial score (nSPS) is 13.0. The summed E-state index contributed by atoms with van der Waals surface area (Å²) in [5.74, 6) is -0.571. The van der Waals surface area contributed by atoms with E-state index in [-0.39, 0.29) is 15.8 Å². The van der Waals surface area contributed by atoms with Gasteiger partial charge in [-0.05, 0) is 41.1 Å². The highest BCUT2D eigenvalue weighted by Crippen LogP contribution is 2.31. The van der Waals surface area contributed by atoms with Gasteiger partial charge in [-0.3, -0.25) is 0 Å². The van der Waals surface area contributed by atoms with E-state index in [9.17, 15) is 18.0 Å². The monoisotopic (exact) mass is 326 g/mol. The molecule has 0 heterocycles. The second-order valence-corrected chi connectivity index (χ2v) is 4.29. The largest absolute Gasteiger partial charge is 0.480 e. The molecule has 7 heteroatoms. The lowest BCUT2D eigenvalue weighted by Crippen LogP contribution is -2.31. The first kappa shape index (κ1) is 14.8. The van der Waals surface area contributed by atoms with Gasteiger partial charge in [0.1, 0.15) is 5.75 Å². The van der Waals surface area contributed by atoms with Gasteiger partial charge in [0.05, 0.1) is 17.1 Å². The number of benzene rings is 1. The Morgan fingerprint density at radius 3 is 2.44 bits per heavy atom. The molecule has 0 saturated carbocycles. The van der Waals surface area contributed by atoms with Crippen LogP contribution in [0.5, 0.6) is 5.75 Å². The second kappa shape index (κ2) is 5.60. The Kier molecular flexibility index (Phi) is 4.61. The zero-order valence-electron chi connectivity index (χ0n) is 9.55. The van der Waals surface area contributed by atoms with Crippen LogP contribution < -0.4 is 4.74 Å². The Balaban J connectivity index is 2.90. The zero-order chi connectivity index (χ0) is 13.9. The maximum atomic E-state index is 12.3. The molecule has 0 saturated heterocycles. The fourth-order valence-corrected chi connectivity index (χ4v) is 1.57. The topological polar surface area (TPSA) is 35.5 Å². The average Bonchev–Trinajstić information content (AvgIpc) is 2.29. The van der Waals surface area contributed by atoms with Crippen molar-refractivity contribution in [2.45, 2.75) is 19.2 Å². The van der Waals surface area contributed by atoms with Gasteiger partial charge < -0.3 is 9.47 Å². The van der Waals surface area contributed by atoms with Gasteiger partial charge >= 0.3 is 12.1 Å². The van der Waals surface area contributed by atoms with Crippen LogP contribution in [-0.2, 0) is 4.74 Å². The van der Waals surface area contributed by atoms with E-state index >= 15 is 0 Å². The van der Waals surface area contributed by atoms with Crippen LogP contribution in [0.25, 0.3) is 0 Å². The molecule has 0 spiro atoms. The minimum Gasteiger partial charge on any atom is -0.480 e. The summed E-state index contributed by atoms with van der Waals surface area (Å²) in [6.07, 6.45) is -6.38. The number of halogens is 4. The molecule has 1 aromatic carbocycles. The summed E-state index contributed by atoms with van der Waals surface area (Å²) in [6, 6.07) is 3.94. The molecule has 0 amide bonds. The summed E-state index contributed by atoms with van der Waals surface area (Å²) in [5.41, 5.74) is 0.219. The summed E-state index contributed by atoms with van der Waals surface area (Å²) >= 11 is 3.04. The molecule has 18 heavy (non-hydrogen) atoms. The molecule has 1 aromatic rings.